The number of carbonyl (C=O) groups excluding carboxylic acids is 2. The number of halogens is 4. The molecule has 3 rings (SSSR count). The number of fused-ring (bicyclic) bond motifs is 1. The lowest BCUT2D eigenvalue weighted by Crippen LogP contribution is -2.28. The Morgan fingerprint density at radius 3 is 2.77 bits per heavy atom. The maximum absolute atomic E-state index is 12.9. The zero-order chi connectivity index (χ0) is 22.8. The highest BCUT2D eigenvalue weighted by atomic mass is 35.5. The molecular formula is C20H20ClF3N4O3. The lowest BCUT2D eigenvalue weighted by Gasteiger charge is -2.25. The van der Waals surface area contributed by atoms with Crippen molar-refractivity contribution in [3.63, 3.8) is 0 Å². The van der Waals surface area contributed by atoms with Crippen LogP contribution < -0.4 is 10.1 Å². The van der Waals surface area contributed by atoms with Gasteiger partial charge in [0.15, 0.2) is 6.61 Å². The summed E-state index contributed by atoms with van der Waals surface area (Å²) in [6.07, 6.45) is -1.03. The van der Waals surface area contributed by atoms with E-state index in [1.165, 1.54) is 23.4 Å². The van der Waals surface area contributed by atoms with Gasteiger partial charge in [-0.25, -0.2) is 4.98 Å². The van der Waals surface area contributed by atoms with Crippen LogP contribution in [0.1, 0.15) is 58.3 Å². The number of hydrogen-bond acceptors (Lipinski definition) is 5. The van der Waals surface area contributed by atoms with E-state index in [1.54, 1.807) is 13.0 Å². The first-order valence-corrected chi connectivity index (χ1v) is 9.92. The molecule has 0 radical (unpaired) electrons. The summed E-state index contributed by atoms with van der Waals surface area (Å²) in [4.78, 5) is 34.9. The molecule has 0 saturated heterocycles. The topological polar surface area (TPSA) is 84.4 Å². The van der Waals surface area contributed by atoms with Crippen LogP contribution >= 0.6 is 11.6 Å². The fourth-order valence-electron chi connectivity index (χ4n) is 3.19. The normalized spacial score (nSPS) is 14.4. The second-order valence-corrected chi connectivity index (χ2v) is 7.42. The van der Waals surface area contributed by atoms with Crippen LogP contribution in [0.15, 0.2) is 24.5 Å². The molecule has 11 heteroatoms. The van der Waals surface area contributed by atoms with E-state index in [9.17, 15) is 22.8 Å². The Balaban J connectivity index is 1.80. The van der Waals surface area contributed by atoms with E-state index in [-0.39, 0.29) is 35.0 Å². The van der Waals surface area contributed by atoms with Crippen molar-refractivity contribution in [1.82, 2.24) is 20.2 Å². The third kappa shape index (κ3) is 5.07. The molecule has 1 atom stereocenters. The summed E-state index contributed by atoms with van der Waals surface area (Å²) < 4.78 is 41.6. The van der Waals surface area contributed by atoms with Crippen molar-refractivity contribution in [2.75, 3.05) is 13.2 Å². The Morgan fingerprint density at radius 1 is 1.39 bits per heavy atom. The number of nitrogens with zero attached hydrogens (tertiary/aromatic N) is 3. The van der Waals surface area contributed by atoms with Gasteiger partial charge in [-0.3, -0.25) is 14.6 Å². The second-order valence-electron chi connectivity index (χ2n) is 7.01. The van der Waals surface area contributed by atoms with Crippen molar-refractivity contribution >= 4 is 23.4 Å². The third-order valence-electron chi connectivity index (χ3n) is 4.78. The fourth-order valence-corrected chi connectivity index (χ4v) is 3.41. The van der Waals surface area contributed by atoms with Crippen LogP contribution in [0.2, 0.25) is 5.02 Å². The summed E-state index contributed by atoms with van der Waals surface area (Å²) in [5, 5.41) is 2.65. The fraction of sp³-hybridized carbons (Fsp3) is 0.400. The second kappa shape index (κ2) is 9.09. The molecule has 0 aliphatic carbocycles. The SMILES string of the molecule is CCCNC(=O)c1nccc2c1CN(C(C)c1cnc(OCC(F)(F)F)c(Cl)c1)C2=O. The number of aromatic nitrogens is 2. The maximum atomic E-state index is 12.9. The first kappa shape index (κ1) is 22.8. The van der Waals surface area contributed by atoms with E-state index in [1.807, 2.05) is 6.92 Å². The molecule has 1 unspecified atom stereocenters. The van der Waals surface area contributed by atoms with Gasteiger partial charge >= 0.3 is 6.18 Å². The van der Waals surface area contributed by atoms with Gasteiger partial charge in [0.1, 0.15) is 10.7 Å². The number of rotatable bonds is 7. The average Bonchev–Trinajstić information content (AvgIpc) is 3.06. The zero-order valence-corrected chi connectivity index (χ0v) is 17.5. The Bertz CT molecular complexity index is 1000. The van der Waals surface area contributed by atoms with Gasteiger partial charge in [-0.1, -0.05) is 18.5 Å². The molecule has 2 aromatic heterocycles. The van der Waals surface area contributed by atoms with Gasteiger partial charge in [-0.2, -0.15) is 13.2 Å². The van der Waals surface area contributed by atoms with Crippen LogP contribution in [0, 0.1) is 0 Å². The lowest BCUT2D eigenvalue weighted by molar-refractivity contribution is -0.154. The molecule has 2 aromatic rings. The molecule has 0 spiro atoms. The Hall–Kier alpha value is -2.88. The van der Waals surface area contributed by atoms with Crippen molar-refractivity contribution < 1.29 is 27.5 Å². The Morgan fingerprint density at radius 2 is 2.13 bits per heavy atom. The summed E-state index contributed by atoms with van der Waals surface area (Å²) >= 11 is 6.03. The summed E-state index contributed by atoms with van der Waals surface area (Å²) in [5.41, 5.74) is 1.61. The minimum atomic E-state index is -4.51. The predicted molar refractivity (Wildman–Crippen MR) is 106 cm³/mol. The van der Waals surface area contributed by atoms with Gasteiger partial charge in [0.05, 0.1) is 6.04 Å². The van der Waals surface area contributed by atoms with E-state index in [4.69, 9.17) is 11.6 Å². The summed E-state index contributed by atoms with van der Waals surface area (Å²) in [5.74, 6) is -0.982. The van der Waals surface area contributed by atoms with Crippen LogP contribution in [0.25, 0.3) is 0 Å². The standard InChI is InChI=1S/C20H20ClF3N4O3/c1-3-5-26-17(29)16-14-9-28(19(30)13(14)4-6-25-16)11(2)12-7-15(21)18(27-8-12)31-10-20(22,23)24/h4,6-8,11H,3,5,9-10H2,1-2H3,(H,26,29). The predicted octanol–water partition coefficient (Wildman–Crippen LogP) is 3.93. The first-order chi connectivity index (χ1) is 14.6. The van der Waals surface area contributed by atoms with E-state index in [2.05, 4.69) is 20.0 Å². The van der Waals surface area contributed by atoms with Crippen molar-refractivity contribution in [2.24, 2.45) is 0 Å². The average molecular weight is 457 g/mol. The van der Waals surface area contributed by atoms with Gasteiger partial charge in [-0.05, 0) is 31.0 Å². The zero-order valence-electron chi connectivity index (χ0n) is 16.8. The molecule has 1 N–H and O–H groups in total. The highest BCUT2D eigenvalue weighted by Crippen LogP contribution is 2.34. The van der Waals surface area contributed by atoms with Gasteiger partial charge in [0, 0.05) is 36.6 Å². The Labute approximate surface area is 181 Å². The highest BCUT2D eigenvalue weighted by Gasteiger charge is 2.35. The molecule has 3 heterocycles. The molecule has 0 fully saturated rings. The Kier molecular flexibility index (Phi) is 6.68. The van der Waals surface area contributed by atoms with Crippen LogP contribution in [0.3, 0.4) is 0 Å². The third-order valence-corrected chi connectivity index (χ3v) is 5.05. The minimum absolute atomic E-state index is 0.0981. The lowest BCUT2D eigenvalue weighted by atomic mass is 10.1. The molecule has 0 bridgehead atoms. The van der Waals surface area contributed by atoms with Crippen molar-refractivity contribution in [2.45, 2.75) is 39.0 Å². The minimum Gasteiger partial charge on any atom is -0.467 e. The van der Waals surface area contributed by atoms with Crippen LogP contribution in [-0.2, 0) is 6.54 Å². The van der Waals surface area contributed by atoms with Gasteiger partial charge in [-0.15, -0.1) is 0 Å². The van der Waals surface area contributed by atoms with Crippen LogP contribution in [0.4, 0.5) is 13.2 Å². The van der Waals surface area contributed by atoms with E-state index >= 15 is 0 Å². The number of pyridine rings is 2. The van der Waals surface area contributed by atoms with Crippen molar-refractivity contribution in [3.8, 4) is 5.88 Å². The molecular weight excluding hydrogens is 437 g/mol. The number of amides is 2. The molecule has 1 aliphatic rings. The molecule has 2 amide bonds. The number of nitrogens with one attached hydrogen (secondary N) is 1. The van der Waals surface area contributed by atoms with E-state index in [0.29, 0.717) is 23.2 Å². The molecule has 0 aromatic carbocycles. The number of carbonyl (C=O) groups is 2. The van der Waals surface area contributed by atoms with E-state index in [0.717, 1.165) is 6.42 Å². The summed E-state index contributed by atoms with van der Waals surface area (Å²) in [6.45, 7) is 2.80. The van der Waals surface area contributed by atoms with Gasteiger partial charge in [0.2, 0.25) is 5.88 Å². The quantitative estimate of drug-likeness (QED) is 0.682. The van der Waals surface area contributed by atoms with Crippen LogP contribution in [-0.4, -0.2) is 46.0 Å². The molecule has 7 nitrogen and oxygen atoms in total. The number of alkyl halides is 3. The molecule has 31 heavy (non-hydrogen) atoms. The maximum Gasteiger partial charge on any atom is 0.422 e. The smallest absolute Gasteiger partial charge is 0.422 e. The van der Waals surface area contributed by atoms with Gasteiger partial charge < -0.3 is 15.0 Å². The van der Waals surface area contributed by atoms with E-state index < -0.39 is 18.8 Å². The molecule has 0 saturated carbocycles. The number of hydrogen-bond donors (Lipinski definition) is 1. The van der Waals surface area contributed by atoms with Crippen LogP contribution in [0.5, 0.6) is 5.88 Å². The summed E-state index contributed by atoms with van der Waals surface area (Å²) in [6, 6.07) is 2.46. The van der Waals surface area contributed by atoms with Gasteiger partial charge in [0.25, 0.3) is 11.8 Å². The largest absolute Gasteiger partial charge is 0.467 e. The van der Waals surface area contributed by atoms with Crippen molar-refractivity contribution in [1.29, 1.82) is 0 Å². The number of ether oxygens (including phenoxy) is 1. The first-order valence-electron chi connectivity index (χ1n) is 9.54. The summed E-state index contributed by atoms with van der Waals surface area (Å²) in [7, 11) is 0. The molecule has 166 valence electrons. The highest BCUT2D eigenvalue weighted by molar-refractivity contribution is 6.31. The molecule has 1 aliphatic heterocycles. The monoisotopic (exact) mass is 456 g/mol. The van der Waals surface area contributed by atoms with Crippen molar-refractivity contribution in [3.05, 3.63) is 51.9 Å².